The Morgan fingerprint density at radius 1 is 1.22 bits per heavy atom. The zero-order chi connectivity index (χ0) is 16.2. The maximum atomic E-state index is 13.6. The van der Waals surface area contributed by atoms with Crippen molar-refractivity contribution in [1.29, 1.82) is 0 Å². The number of tetrazole rings is 1. The third-order valence-electron chi connectivity index (χ3n) is 3.34. The molecule has 1 amide bonds. The Morgan fingerprint density at radius 3 is 2.83 bits per heavy atom. The molecule has 0 unspecified atom stereocenters. The number of rotatable bonds is 4. The van der Waals surface area contributed by atoms with Crippen molar-refractivity contribution in [2.45, 2.75) is 13.5 Å². The highest BCUT2D eigenvalue weighted by atomic mass is 19.1. The summed E-state index contributed by atoms with van der Waals surface area (Å²) in [4.78, 5) is 12.3. The van der Waals surface area contributed by atoms with Crippen LogP contribution in [0.25, 0.3) is 11.4 Å². The van der Waals surface area contributed by atoms with Crippen molar-refractivity contribution >= 4 is 11.6 Å². The van der Waals surface area contributed by atoms with Crippen molar-refractivity contribution in [3.8, 4) is 11.4 Å². The number of carbonyl (C=O) groups is 1. The van der Waals surface area contributed by atoms with Gasteiger partial charge in [0.2, 0.25) is 0 Å². The predicted octanol–water partition coefficient (Wildman–Crippen LogP) is 2.75. The van der Waals surface area contributed by atoms with Crippen LogP contribution in [-0.4, -0.2) is 26.1 Å². The molecule has 0 radical (unpaired) electrons. The SMILES string of the molecule is CCn1nnnc1-c1cccc(C(=O)Nc2ccccc2F)c1. The number of halogens is 1. The van der Waals surface area contributed by atoms with Crippen LogP contribution in [0.3, 0.4) is 0 Å². The number of benzene rings is 2. The molecule has 0 spiro atoms. The number of para-hydroxylation sites is 1. The molecule has 0 aliphatic heterocycles. The molecular weight excluding hydrogens is 297 g/mol. The molecular formula is C16H14FN5O. The molecule has 6 nitrogen and oxygen atoms in total. The molecule has 0 saturated carbocycles. The summed E-state index contributed by atoms with van der Waals surface area (Å²) in [5, 5.41) is 14.0. The van der Waals surface area contributed by atoms with Crippen molar-refractivity contribution in [1.82, 2.24) is 20.2 Å². The fourth-order valence-electron chi connectivity index (χ4n) is 2.18. The van der Waals surface area contributed by atoms with Gasteiger partial charge < -0.3 is 5.32 Å². The van der Waals surface area contributed by atoms with Crippen molar-refractivity contribution in [3.05, 3.63) is 59.9 Å². The fourth-order valence-corrected chi connectivity index (χ4v) is 2.18. The van der Waals surface area contributed by atoms with Gasteiger partial charge in [0.05, 0.1) is 5.69 Å². The number of aromatic nitrogens is 4. The van der Waals surface area contributed by atoms with Gasteiger partial charge in [0.1, 0.15) is 5.82 Å². The zero-order valence-electron chi connectivity index (χ0n) is 12.4. The summed E-state index contributed by atoms with van der Waals surface area (Å²) in [6, 6.07) is 12.9. The molecule has 3 rings (SSSR count). The maximum absolute atomic E-state index is 13.6. The van der Waals surface area contributed by atoms with Crippen LogP contribution < -0.4 is 5.32 Å². The number of hydrogen-bond donors (Lipinski definition) is 1. The van der Waals surface area contributed by atoms with Crippen molar-refractivity contribution in [2.75, 3.05) is 5.32 Å². The lowest BCUT2D eigenvalue weighted by atomic mass is 10.1. The fraction of sp³-hybridized carbons (Fsp3) is 0.125. The normalized spacial score (nSPS) is 10.5. The van der Waals surface area contributed by atoms with Crippen LogP contribution in [0.2, 0.25) is 0 Å². The Balaban J connectivity index is 1.88. The zero-order valence-corrected chi connectivity index (χ0v) is 12.4. The van der Waals surface area contributed by atoms with E-state index in [-0.39, 0.29) is 5.69 Å². The monoisotopic (exact) mass is 311 g/mol. The highest BCUT2D eigenvalue weighted by Gasteiger charge is 2.12. The summed E-state index contributed by atoms with van der Waals surface area (Å²) in [6.07, 6.45) is 0. The van der Waals surface area contributed by atoms with Crippen LogP contribution in [-0.2, 0) is 6.54 Å². The topological polar surface area (TPSA) is 72.7 Å². The number of hydrogen-bond acceptors (Lipinski definition) is 4. The van der Waals surface area contributed by atoms with Gasteiger partial charge in [-0.05, 0) is 41.6 Å². The highest BCUT2D eigenvalue weighted by molar-refractivity contribution is 6.04. The van der Waals surface area contributed by atoms with Crippen LogP contribution >= 0.6 is 0 Å². The summed E-state index contributed by atoms with van der Waals surface area (Å²) in [6.45, 7) is 2.54. The Kier molecular flexibility index (Phi) is 4.09. The van der Waals surface area contributed by atoms with Crippen molar-refractivity contribution in [3.63, 3.8) is 0 Å². The lowest BCUT2D eigenvalue weighted by molar-refractivity contribution is 0.102. The Morgan fingerprint density at radius 2 is 2.04 bits per heavy atom. The lowest BCUT2D eigenvalue weighted by Crippen LogP contribution is -2.13. The average molecular weight is 311 g/mol. The number of aryl methyl sites for hydroxylation is 1. The molecule has 0 fully saturated rings. The van der Waals surface area contributed by atoms with E-state index in [2.05, 4.69) is 20.8 Å². The van der Waals surface area contributed by atoms with Crippen LogP contribution in [0, 0.1) is 5.82 Å². The Hall–Kier alpha value is -3.09. The quantitative estimate of drug-likeness (QED) is 0.804. The summed E-state index contributed by atoms with van der Waals surface area (Å²) in [5.74, 6) is -0.299. The van der Waals surface area contributed by atoms with Gasteiger partial charge in [0, 0.05) is 17.7 Å². The van der Waals surface area contributed by atoms with Crippen molar-refractivity contribution < 1.29 is 9.18 Å². The van der Waals surface area contributed by atoms with E-state index >= 15 is 0 Å². The third-order valence-corrected chi connectivity index (χ3v) is 3.34. The van der Waals surface area contributed by atoms with Gasteiger partial charge in [-0.25, -0.2) is 9.07 Å². The van der Waals surface area contributed by atoms with Gasteiger partial charge in [-0.3, -0.25) is 4.79 Å². The van der Waals surface area contributed by atoms with Crippen LogP contribution in [0.4, 0.5) is 10.1 Å². The minimum absolute atomic E-state index is 0.140. The van der Waals surface area contributed by atoms with Gasteiger partial charge >= 0.3 is 0 Å². The number of anilines is 1. The molecule has 0 aliphatic rings. The second-order valence-corrected chi connectivity index (χ2v) is 4.83. The molecule has 0 saturated heterocycles. The molecule has 2 aromatic carbocycles. The van der Waals surface area contributed by atoms with E-state index in [1.165, 1.54) is 12.1 Å². The van der Waals surface area contributed by atoms with Crippen molar-refractivity contribution in [2.24, 2.45) is 0 Å². The Labute approximate surface area is 132 Å². The highest BCUT2D eigenvalue weighted by Crippen LogP contribution is 2.19. The second kappa shape index (κ2) is 6.35. The number of amides is 1. The first kappa shape index (κ1) is 14.8. The number of nitrogens with zero attached hydrogens (tertiary/aromatic N) is 4. The van der Waals surface area contributed by atoms with Gasteiger partial charge in [-0.1, -0.05) is 24.3 Å². The standard InChI is InChI=1S/C16H14FN5O/c1-2-22-15(19-20-21-22)11-6-5-7-12(10-11)16(23)18-14-9-4-3-8-13(14)17/h3-10H,2H2,1H3,(H,18,23). The second-order valence-electron chi connectivity index (χ2n) is 4.83. The smallest absolute Gasteiger partial charge is 0.255 e. The van der Waals surface area contributed by atoms with Crippen LogP contribution in [0.15, 0.2) is 48.5 Å². The van der Waals surface area contributed by atoms with E-state index in [0.717, 1.165) is 5.56 Å². The van der Waals surface area contributed by atoms with E-state index in [9.17, 15) is 9.18 Å². The molecule has 116 valence electrons. The van der Waals surface area contributed by atoms with Gasteiger partial charge in [-0.2, -0.15) is 0 Å². The van der Waals surface area contributed by atoms with E-state index in [1.807, 2.05) is 13.0 Å². The molecule has 0 aliphatic carbocycles. The van der Waals surface area contributed by atoms with Crippen LogP contribution in [0.5, 0.6) is 0 Å². The van der Waals surface area contributed by atoms with E-state index in [0.29, 0.717) is 17.9 Å². The molecule has 7 heteroatoms. The molecule has 23 heavy (non-hydrogen) atoms. The van der Waals surface area contributed by atoms with Crippen LogP contribution in [0.1, 0.15) is 17.3 Å². The maximum Gasteiger partial charge on any atom is 0.255 e. The molecule has 0 bridgehead atoms. The summed E-state index contributed by atoms with van der Waals surface area (Å²) in [5.41, 5.74) is 1.26. The first-order valence-electron chi connectivity index (χ1n) is 7.11. The largest absolute Gasteiger partial charge is 0.319 e. The van der Waals surface area contributed by atoms with Gasteiger partial charge in [-0.15, -0.1) is 5.10 Å². The third kappa shape index (κ3) is 3.08. The number of nitrogens with one attached hydrogen (secondary N) is 1. The summed E-state index contributed by atoms with van der Waals surface area (Å²) in [7, 11) is 0. The first-order valence-corrected chi connectivity index (χ1v) is 7.11. The minimum atomic E-state index is -0.480. The number of carbonyl (C=O) groups excluding carboxylic acids is 1. The molecule has 3 aromatic rings. The minimum Gasteiger partial charge on any atom is -0.319 e. The summed E-state index contributed by atoms with van der Waals surface area (Å²) >= 11 is 0. The van der Waals surface area contributed by atoms with E-state index in [1.54, 1.807) is 35.0 Å². The molecule has 1 aromatic heterocycles. The van der Waals surface area contributed by atoms with E-state index in [4.69, 9.17) is 0 Å². The molecule has 1 heterocycles. The first-order chi connectivity index (χ1) is 11.2. The van der Waals surface area contributed by atoms with E-state index < -0.39 is 11.7 Å². The van der Waals surface area contributed by atoms with Gasteiger partial charge in [0.15, 0.2) is 5.82 Å². The van der Waals surface area contributed by atoms with Gasteiger partial charge in [0.25, 0.3) is 5.91 Å². The Bertz CT molecular complexity index is 846. The molecule has 1 N–H and O–H groups in total. The molecule has 0 atom stereocenters. The average Bonchev–Trinajstić information content (AvgIpc) is 3.06. The lowest BCUT2D eigenvalue weighted by Gasteiger charge is -2.07. The predicted molar refractivity (Wildman–Crippen MR) is 83.3 cm³/mol. The summed E-state index contributed by atoms with van der Waals surface area (Å²) < 4.78 is 15.3.